The maximum absolute atomic E-state index is 11.9. The van der Waals surface area contributed by atoms with Crippen molar-refractivity contribution in [2.75, 3.05) is 24.6 Å². The number of halogens is 1. The highest BCUT2D eigenvalue weighted by atomic mass is 35.5. The summed E-state index contributed by atoms with van der Waals surface area (Å²) in [4.78, 5) is 18.5. The largest absolute Gasteiger partial charge is 0.462 e. The van der Waals surface area contributed by atoms with Gasteiger partial charge in [-0.2, -0.15) is 0 Å². The topological polar surface area (TPSA) is 51.7 Å². The van der Waals surface area contributed by atoms with Crippen LogP contribution in [0.1, 0.15) is 38.5 Å². The van der Waals surface area contributed by atoms with Crippen molar-refractivity contribution in [3.8, 4) is 0 Å². The fourth-order valence-electron chi connectivity index (χ4n) is 3.15. The highest BCUT2D eigenvalue weighted by Crippen LogP contribution is 2.22. The summed E-state index contributed by atoms with van der Waals surface area (Å²) in [6.07, 6.45) is 7.04. The zero-order valence-corrected chi connectivity index (χ0v) is 14.0. The van der Waals surface area contributed by atoms with Crippen LogP contribution < -0.4 is 4.90 Å². The lowest BCUT2D eigenvalue weighted by Crippen LogP contribution is -2.38. The average Bonchev–Trinajstić information content (AvgIpc) is 3.08. The molecule has 1 aromatic heterocycles. The van der Waals surface area contributed by atoms with Crippen LogP contribution in [0.15, 0.2) is 18.3 Å². The van der Waals surface area contributed by atoms with Gasteiger partial charge in [-0.25, -0.2) is 4.98 Å². The standard InChI is InChI=1S/C17H23ClN2O3/c18-13-3-5-16(19-12-13)20-9-7-15(8-10-20)23-17(21)6-4-14-2-1-11-22-14/h3,5,12,14-15H,1-2,4,6-11H2. The quantitative estimate of drug-likeness (QED) is 0.772. The van der Waals surface area contributed by atoms with E-state index in [1.807, 2.05) is 12.1 Å². The predicted molar refractivity (Wildman–Crippen MR) is 88.8 cm³/mol. The molecule has 1 aromatic rings. The summed E-state index contributed by atoms with van der Waals surface area (Å²) >= 11 is 5.86. The molecule has 2 aliphatic heterocycles. The first-order chi connectivity index (χ1) is 11.2. The molecule has 2 aliphatic rings. The molecule has 0 bridgehead atoms. The number of carbonyl (C=O) groups is 1. The molecule has 0 spiro atoms. The fourth-order valence-corrected chi connectivity index (χ4v) is 3.27. The number of anilines is 1. The Labute approximate surface area is 141 Å². The smallest absolute Gasteiger partial charge is 0.306 e. The third-order valence-electron chi connectivity index (χ3n) is 4.47. The number of nitrogens with zero attached hydrogens (tertiary/aromatic N) is 2. The molecule has 5 nitrogen and oxygen atoms in total. The molecule has 3 heterocycles. The molecule has 1 atom stereocenters. The second-order valence-electron chi connectivity index (χ2n) is 6.18. The number of pyridine rings is 1. The summed E-state index contributed by atoms with van der Waals surface area (Å²) in [5.41, 5.74) is 0. The van der Waals surface area contributed by atoms with Crippen LogP contribution in [0, 0.1) is 0 Å². The van der Waals surface area contributed by atoms with E-state index in [9.17, 15) is 4.79 Å². The van der Waals surface area contributed by atoms with Crippen LogP contribution in [0.4, 0.5) is 5.82 Å². The Kier molecular flexibility index (Phi) is 5.73. The van der Waals surface area contributed by atoms with Crippen molar-refractivity contribution < 1.29 is 14.3 Å². The van der Waals surface area contributed by atoms with Gasteiger partial charge in [-0.15, -0.1) is 0 Å². The zero-order valence-electron chi connectivity index (χ0n) is 13.2. The SMILES string of the molecule is O=C(CCC1CCCO1)OC1CCN(c2ccc(Cl)cn2)CC1. The van der Waals surface area contributed by atoms with E-state index < -0.39 is 0 Å². The van der Waals surface area contributed by atoms with E-state index in [-0.39, 0.29) is 18.2 Å². The predicted octanol–water partition coefficient (Wildman–Crippen LogP) is 3.21. The molecule has 2 saturated heterocycles. The van der Waals surface area contributed by atoms with Crippen molar-refractivity contribution in [2.45, 2.75) is 50.7 Å². The molecule has 0 saturated carbocycles. The summed E-state index contributed by atoms with van der Waals surface area (Å²) in [5, 5.41) is 0.642. The van der Waals surface area contributed by atoms with E-state index >= 15 is 0 Å². The van der Waals surface area contributed by atoms with Crippen LogP contribution in [-0.4, -0.2) is 42.9 Å². The third kappa shape index (κ3) is 4.82. The van der Waals surface area contributed by atoms with Crippen LogP contribution in [0.25, 0.3) is 0 Å². The van der Waals surface area contributed by atoms with E-state index in [2.05, 4.69) is 9.88 Å². The van der Waals surface area contributed by atoms with Crippen LogP contribution in [0.2, 0.25) is 5.02 Å². The molecule has 0 aromatic carbocycles. The first kappa shape index (κ1) is 16.5. The van der Waals surface area contributed by atoms with Gasteiger partial charge in [0.2, 0.25) is 0 Å². The van der Waals surface area contributed by atoms with Crippen molar-refractivity contribution in [2.24, 2.45) is 0 Å². The monoisotopic (exact) mass is 338 g/mol. The maximum atomic E-state index is 11.9. The molecule has 23 heavy (non-hydrogen) atoms. The van der Waals surface area contributed by atoms with Gasteiger partial charge >= 0.3 is 5.97 Å². The summed E-state index contributed by atoms with van der Waals surface area (Å²) in [5.74, 6) is 0.834. The Hall–Kier alpha value is -1.33. The number of esters is 1. The van der Waals surface area contributed by atoms with Gasteiger partial charge in [-0.3, -0.25) is 4.79 Å². The number of piperidine rings is 1. The van der Waals surface area contributed by atoms with Crippen molar-refractivity contribution in [3.05, 3.63) is 23.4 Å². The van der Waals surface area contributed by atoms with Gasteiger partial charge in [0.05, 0.1) is 11.1 Å². The van der Waals surface area contributed by atoms with Crippen LogP contribution in [0.5, 0.6) is 0 Å². The minimum absolute atomic E-state index is 0.0237. The number of hydrogen-bond donors (Lipinski definition) is 0. The summed E-state index contributed by atoms with van der Waals surface area (Å²) in [6.45, 7) is 2.52. The van der Waals surface area contributed by atoms with Crippen molar-refractivity contribution in [1.82, 2.24) is 4.98 Å². The lowest BCUT2D eigenvalue weighted by atomic mass is 10.1. The van der Waals surface area contributed by atoms with Crippen molar-refractivity contribution >= 4 is 23.4 Å². The maximum Gasteiger partial charge on any atom is 0.306 e. The normalized spacial score (nSPS) is 22.3. The lowest BCUT2D eigenvalue weighted by molar-refractivity contribution is -0.150. The highest BCUT2D eigenvalue weighted by molar-refractivity contribution is 6.30. The van der Waals surface area contributed by atoms with Gasteiger partial charge in [0.1, 0.15) is 11.9 Å². The van der Waals surface area contributed by atoms with Crippen LogP contribution in [-0.2, 0) is 14.3 Å². The molecule has 6 heteroatoms. The van der Waals surface area contributed by atoms with Gasteiger partial charge in [0.15, 0.2) is 0 Å². The zero-order chi connectivity index (χ0) is 16.1. The Balaban J connectivity index is 1.38. The van der Waals surface area contributed by atoms with E-state index in [1.54, 1.807) is 6.20 Å². The number of hydrogen-bond acceptors (Lipinski definition) is 5. The molecule has 0 N–H and O–H groups in total. The molecular weight excluding hydrogens is 316 g/mol. The van der Waals surface area contributed by atoms with Crippen molar-refractivity contribution in [3.63, 3.8) is 0 Å². The lowest BCUT2D eigenvalue weighted by Gasteiger charge is -2.32. The Morgan fingerprint density at radius 3 is 2.83 bits per heavy atom. The first-order valence-electron chi connectivity index (χ1n) is 8.38. The minimum atomic E-state index is -0.0939. The Morgan fingerprint density at radius 2 is 2.17 bits per heavy atom. The van der Waals surface area contributed by atoms with Gasteiger partial charge in [-0.05, 0) is 31.4 Å². The van der Waals surface area contributed by atoms with E-state index in [1.165, 1.54) is 0 Å². The van der Waals surface area contributed by atoms with E-state index in [4.69, 9.17) is 21.1 Å². The molecule has 1 unspecified atom stereocenters. The van der Waals surface area contributed by atoms with Crippen molar-refractivity contribution in [1.29, 1.82) is 0 Å². The minimum Gasteiger partial charge on any atom is -0.462 e. The fraction of sp³-hybridized carbons (Fsp3) is 0.647. The summed E-state index contributed by atoms with van der Waals surface area (Å²) in [6, 6.07) is 3.78. The number of ether oxygens (including phenoxy) is 2. The molecule has 3 rings (SSSR count). The third-order valence-corrected chi connectivity index (χ3v) is 4.69. The molecule has 0 amide bonds. The van der Waals surface area contributed by atoms with Gasteiger partial charge in [-0.1, -0.05) is 11.6 Å². The highest BCUT2D eigenvalue weighted by Gasteiger charge is 2.24. The molecule has 0 aliphatic carbocycles. The second kappa shape index (κ2) is 7.97. The Morgan fingerprint density at radius 1 is 1.35 bits per heavy atom. The van der Waals surface area contributed by atoms with E-state index in [0.29, 0.717) is 11.4 Å². The van der Waals surface area contributed by atoms with Crippen LogP contribution >= 0.6 is 11.6 Å². The van der Waals surface area contributed by atoms with Gasteiger partial charge < -0.3 is 14.4 Å². The number of rotatable bonds is 5. The number of aromatic nitrogens is 1. The van der Waals surface area contributed by atoms with Crippen LogP contribution in [0.3, 0.4) is 0 Å². The van der Waals surface area contributed by atoms with Gasteiger partial charge in [0, 0.05) is 45.2 Å². The molecule has 126 valence electrons. The summed E-state index contributed by atoms with van der Waals surface area (Å²) in [7, 11) is 0. The molecular formula is C17H23ClN2O3. The average molecular weight is 339 g/mol. The number of carbonyl (C=O) groups excluding carboxylic acids is 1. The second-order valence-corrected chi connectivity index (χ2v) is 6.62. The molecule has 2 fully saturated rings. The van der Waals surface area contributed by atoms with E-state index in [0.717, 1.165) is 57.6 Å². The van der Waals surface area contributed by atoms with Gasteiger partial charge in [0.25, 0.3) is 0 Å². The molecule has 0 radical (unpaired) electrons. The first-order valence-corrected chi connectivity index (χ1v) is 8.76. The Bertz CT molecular complexity index is 509. The summed E-state index contributed by atoms with van der Waals surface area (Å²) < 4.78 is 11.1.